The Hall–Kier alpha value is -2.08. The molecule has 5 heteroatoms. The van der Waals surface area contributed by atoms with Crippen LogP contribution in [-0.4, -0.2) is 38.5 Å². The van der Waals surface area contributed by atoms with E-state index in [9.17, 15) is 0 Å². The zero-order valence-electron chi connectivity index (χ0n) is 15.0. The van der Waals surface area contributed by atoms with Crippen molar-refractivity contribution in [2.45, 2.75) is 20.1 Å². The molecule has 0 aliphatic carbocycles. The minimum Gasteiger partial charge on any atom is -0.493 e. The van der Waals surface area contributed by atoms with E-state index in [0.717, 1.165) is 36.7 Å². The summed E-state index contributed by atoms with van der Waals surface area (Å²) >= 11 is 0. The number of rotatable bonds is 11. The van der Waals surface area contributed by atoms with E-state index in [2.05, 4.69) is 29.7 Å². The van der Waals surface area contributed by atoms with Crippen LogP contribution in [0.3, 0.4) is 0 Å². The zero-order chi connectivity index (χ0) is 17.9. The molecule has 136 valence electrons. The fourth-order valence-corrected chi connectivity index (χ4v) is 2.48. The number of aliphatic hydroxyl groups excluding tert-OH is 1. The molecular formula is C20H28N2O3. The third-order valence-corrected chi connectivity index (χ3v) is 3.97. The second-order valence-corrected chi connectivity index (χ2v) is 5.85. The smallest absolute Gasteiger partial charge is 0.161 e. The lowest BCUT2D eigenvalue weighted by molar-refractivity contribution is 0.283. The molecule has 2 rings (SSSR count). The lowest BCUT2D eigenvalue weighted by Gasteiger charge is -2.13. The van der Waals surface area contributed by atoms with Crippen LogP contribution in [0.5, 0.6) is 11.5 Å². The molecule has 2 aromatic carbocycles. The van der Waals surface area contributed by atoms with Gasteiger partial charge in [-0.25, -0.2) is 0 Å². The number of aliphatic hydroxyl groups is 1. The summed E-state index contributed by atoms with van der Waals surface area (Å²) in [4.78, 5) is 0. The molecule has 0 aliphatic heterocycles. The largest absolute Gasteiger partial charge is 0.493 e. The van der Waals surface area contributed by atoms with Gasteiger partial charge in [0, 0.05) is 26.2 Å². The normalized spacial score (nSPS) is 10.7. The maximum Gasteiger partial charge on any atom is 0.161 e. The van der Waals surface area contributed by atoms with Gasteiger partial charge in [-0.15, -0.1) is 0 Å². The molecule has 3 N–H and O–H groups in total. The summed E-state index contributed by atoms with van der Waals surface area (Å²) in [7, 11) is 1.66. The average molecular weight is 344 g/mol. The summed E-state index contributed by atoms with van der Waals surface area (Å²) in [6.45, 7) is 5.83. The minimum atomic E-state index is 0.168. The van der Waals surface area contributed by atoms with Crippen molar-refractivity contribution in [3.05, 3.63) is 59.2 Å². The summed E-state index contributed by atoms with van der Waals surface area (Å²) in [6.07, 6.45) is 0. The number of aryl methyl sites for hydroxylation is 1. The van der Waals surface area contributed by atoms with E-state index in [0.29, 0.717) is 13.2 Å². The first-order chi connectivity index (χ1) is 12.2. The SMILES string of the molecule is COc1cc(CNCCNCCO)ccc1OCc1ccccc1C. The van der Waals surface area contributed by atoms with Crippen molar-refractivity contribution < 1.29 is 14.6 Å². The molecule has 0 aromatic heterocycles. The van der Waals surface area contributed by atoms with Gasteiger partial charge in [-0.1, -0.05) is 30.3 Å². The molecular weight excluding hydrogens is 316 g/mol. The molecule has 0 aliphatic rings. The van der Waals surface area contributed by atoms with Crippen LogP contribution in [0.2, 0.25) is 0 Å². The van der Waals surface area contributed by atoms with Crippen LogP contribution in [0.25, 0.3) is 0 Å². The first-order valence-corrected chi connectivity index (χ1v) is 8.61. The van der Waals surface area contributed by atoms with Gasteiger partial charge in [0.25, 0.3) is 0 Å². The molecule has 0 unspecified atom stereocenters. The van der Waals surface area contributed by atoms with Crippen molar-refractivity contribution in [2.75, 3.05) is 33.4 Å². The number of ether oxygens (including phenoxy) is 2. The van der Waals surface area contributed by atoms with Crippen molar-refractivity contribution in [3.8, 4) is 11.5 Å². The topological polar surface area (TPSA) is 62.8 Å². The number of hydrogen-bond donors (Lipinski definition) is 3. The van der Waals surface area contributed by atoms with Gasteiger partial charge >= 0.3 is 0 Å². The van der Waals surface area contributed by atoms with Crippen LogP contribution in [0, 0.1) is 6.92 Å². The zero-order valence-corrected chi connectivity index (χ0v) is 15.0. The highest BCUT2D eigenvalue weighted by atomic mass is 16.5. The van der Waals surface area contributed by atoms with Crippen LogP contribution in [0.15, 0.2) is 42.5 Å². The van der Waals surface area contributed by atoms with E-state index in [4.69, 9.17) is 14.6 Å². The van der Waals surface area contributed by atoms with Gasteiger partial charge in [-0.05, 0) is 35.7 Å². The van der Waals surface area contributed by atoms with Gasteiger partial charge in [0.2, 0.25) is 0 Å². The van der Waals surface area contributed by atoms with Crippen molar-refractivity contribution in [3.63, 3.8) is 0 Å². The second-order valence-electron chi connectivity index (χ2n) is 5.85. The highest BCUT2D eigenvalue weighted by molar-refractivity contribution is 5.43. The van der Waals surface area contributed by atoms with Crippen molar-refractivity contribution >= 4 is 0 Å². The Morgan fingerprint density at radius 3 is 2.52 bits per heavy atom. The number of methoxy groups -OCH3 is 1. The number of benzene rings is 2. The second kappa shape index (κ2) is 10.7. The highest BCUT2D eigenvalue weighted by Gasteiger charge is 2.07. The maximum absolute atomic E-state index is 8.71. The summed E-state index contributed by atoms with van der Waals surface area (Å²) in [5.74, 6) is 1.49. The summed E-state index contributed by atoms with van der Waals surface area (Å²) in [5, 5.41) is 15.2. The Morgan fingerprint density at radius 1 is 0.960 bits per heavy atom. The molecule has 0 heterocycles. The number of nitrogens with one attached hydrogen (secondary N) is 2. The van der Waals surface area contributed by atoms with Crippen LogP contribution < -0.4 is 20.1 Å². The maximum atomic E-state index is 8.71. The predicted molar refractivity (Wildman–Crippen MR) is 100 cm³/mol. The van der Waals surface area contributed by atoms with E-state index in [1.54, 1.807) is 7.11 Å². The minimum absolute atomic E-state index is 0.168. The quantitative estimate of drug-likeness (QED) is 0.546. The Balaban J connectivity index is 1.87. The average Bonchev–Trinajstić information content (AvgIpc) is 2.64. The molecule has 0 amide bonds. The van der Waals surface area contributed by atoms with Crippen LogP contribution in [0.4, 0.5) is 0 Å². The molecule has 5 nitrogen and oxygen atoms in total. The lowest BCUT2D eigenvalue weighted by atomic mass is 10.1. The van der Waals surface area contributed by atoms with Crippen LogP contribution >= 0.6 is 0 Å². The molecule has 0 saturated heterocycles. The molecule has 0 bridgehead atoms. The Labute approximate surface area is 150 Å². The van der Waals surface area contributed by atoms with Crippen LogP contribution in [0.1, 0.15) is 16.7 Å². The third-order valence-electron chi connectivity index (χ3n) is 3.97. The summed E-state index contributed by atoms with van der Waals surface area (Å²) in [5.41, 5.74) is 3.53. The number of hydrogen-bond acceptors (Lipinski definition) is 5. The first-order valence-electron chi connectivity index (χ1n) is 8.61. The standard InChI is InChI=1S/C20H28N2O3/c1-16-5-3-4-6-18(16)15-25-19-8-7-17(13-20(19)24-2)14-22-10-9-21-11-12-23/h3-8,13,21-23H,9-12,14-15H2,1-2H3. The first kappa shape index (κ1) is 19.2. The molecule has 0 saturated carbocycles. The van der Waals surface area contributed by atoms with E-state index in [-0.39, 0.29) is 6.61 Å². The molecule has 0 radical (unpaired) electrons. The summed E-state index contributed by atoms with van der Waals surface area (Å²) < 4.78 is 11.4. The Morgan fingerprint density at radius 2 is 1.76 bits per heavy atom. The van der Waals surface area contributed by atoms with Gasteiger partial charge in [-0.3, -0.25) is 0 Å². The van der Waals surface area contributed by atoms with E-state index < -0.39 is 0 Å². The predicted octanol–water partition coefficient (Wildman–Crippen LogP) is 2.25. The highest BCUT2D eigenvalue weighted by Crippen LogP contribution is 2.29. The molecule has 0 spiro atoms. The molecule has 25 heavy (non-hydrogen) atoms. The summed E-state index contributed by atoms with van der Waals surface area (Å²) in [6, 6.07) is 14.2. The van der Waals surface area contributed by atoms with E-state index >= 15 is 0 Å². The Bertz CT molecular complexity index is 647. The van der Waals surface area contributed by atoms with Crippen molar-refractivity contribution in [2.24, 2.45) is 0 Å². The van der Waals surface area contributed by atoms with Gasteiger partial charge in [0.15, 0.2) is 11.5 Å². The fourth-order valence-electron chi connectivity index (χ4n) is 2.48. The third kappa shape index (κ3) is 6.38. The van der Waals surface area contributed by atoms with Crippen molar-refractivity contribution in [1.82, 2.24) is 10.6 Å². The van der Waals surface area contributed by atoms with Gasteiger partial charge in [0.1, 0.15) is 6.61 Å². The molecule has 2 aromatic rings. The fraction of sp³-hybridized carbons (Fsp3) is 0.400. The van der Waals surface area contributed by atoms with Gasteiger partial charge < -0.3 is 25.2 Å². The monoisotopic (exact) mass is 344 g/mol. The van der Waals surface area contributed by atoms with E-state index in [1.807, 2.05) is 30.3 Å². The van der Waals surface area contributed by atoms with E-state index in [1.165, 1.54) is 11.1 Å². The van der Waals surface area contributed by atoms with Gasteiger partial charge in [-0.2, -0.15) is 0 Å². The molecule has 0 atom stereocenters. The van der Waals surface area contributed by atoms with Crippen LogP contribution in [-0.2, 0) is 13.2 Å². The lowest BCUT2D eigenvalue weighted by Crippen LogP contribution is -2.28. The molecule has 0 fully saturated rings. The van der Waals surface area contributed by atoms with Gasteiger partial charge in [0.05, 0.1) is 13.7 Å². The van der Waals surface area contributed by atoms with Crippen molar-refractivity contribution in [1.29, 1.82) is 0 Å². The Kier molecular flexibility index (Phi) is 8.25.